The maximum Gasteiger partial charge on any atom is 0.184 e. The fraction of sp³-hybridized carbons (Fsp3) is 0.500. The molecule has 0 saturated carbocycles. The van der Waals surface area contributed by atoms with Gasteiger partial charge in [0.15, 0.2) is 9.84 Å². The molecular formula is C8H14NO5S4-. The first kappa shape index (κ1) is 18.0. The summed E-state index contributed by atoms with van der Waals surface area (Å²) in [5.74, 6) is 0.820. The number of hydrogen-bond donors (Lipinski definition) is 2. The summed E-state index contributed by atoms with van der Waals surface area (Å²) in [7, 11) is -3.06. The van der Waals surface area contributed by atoms with Crippen molar-refractivity contribution in [2.24, 2.45) is 5.14 Å². The van der Waals surface area contributed by atoms with Crippen LogP contribution in [0.25, 0.3) is 0 Å². The summed E-state index contributed by atoms with van der Waals surface area (Å²) in [6.45, 7) is 0.178. The van der Waals surface area contributed by atoms with E-state index in [2.05, 4.69) is 5.14 Å². The molecule has 106 valence electrons. The minimum Gasteiger partial charge on any atom is -0.760 e. The van der Waals surface area contributed by atoms with E-state index < -0.39 is 21.1 Å². The number of nitrogens with two attached hydrogens (primary N) is 1. The smallest absolute Gasteiger partial charge is 0.184 e. The minimum absolute atomic E-state index is 0.178. The van der Waals surface area contributed by atoms with Crippen molar-refractivity contribution in [1.29, 1.82) is 0 Å². The van der Waals surface area contributed by atoms with Crippen molar-refractivity contribution in [1.82, 2.24) is 0 Å². The zero-order valence-electron chi connectivity index (χ0n) is 9.57. The number of thiophene rings is 1. The van der Waals surface area contributed by atoms with E-state index >= 15 is 0 Å². The Labute approximate surface area is 117 Å². The highest BCUT2D eigenvalue weighted by atomic mass is 32.2. The molecule has 1 unspecified atom stereocenters. The normalized spacial score (nSPS) is 12.7. The van der Waals surface area contributed by atoms with E-state index in [1.165, 1.54) is 17.6 Å². The summed E-state index contributed by atoms with van der Waals surface area (Å²) in [5.41, 5.74) is 0. The quantitative estimate of drug-likeness (QED) is 0.456. The van der Waals surface area contributed by atoms with Gasteiger partial charge >= 0.3 is 0 Å². The van der Waals surface area contributed by atoms with Crippen LogP contribution in [0.4, 0.5) is 0 Å². The molecule has 0 radical (unpaired) electrons. The van der Waals surface area contributed by atoms with E-state index in [1.807, 2.05) is 6.07 Å². The largest absolute Gasteiger partial charge is 0.760 e. The summed E-state index contributed by atoms with van der Waals surface area (Å²) in [5, 5.41) is 12.6. The molecule has 0 spiro atoms. The van der Waals surface area contributed by atoms with E-state index in [9.17, 15) is 8.42 Å². The van der Waals surface area contributed by atoms with Gasteiger partial charge in [0.25, 0.3) is 0 Å². The predicted octanol–water partition coefficient (Wildman–Crippen LogP) is 0.365. The first-order chi connectivity index (χ1) is 8.27. The van der Waals surface area contributed by atoms with Crippen LogP contribution in [0.1, 0.15) is 6.42 Å². The van der Waals surface area contributed by atoms with E-state index in [0.717, 1.165) is 16.4 Å². The van der Waals surface area contributed by atoms with Gasteiger partial charge in [0.1, 0.15) is 4.21 Å². The van der Waals surface area contributed by atoms with Gasteiger partial charge in [0.2, 0.25) is 0 Å². The van der Waals surface area contributed by atoms with Gasteiger partial charge in [-0.15, -0.1) is 23.1 Å². The highest BCUT2D eigenvalue weighted by Crippen LogP contribution is 2.30. The SMILES string of the molecule is CS(=O)(=O)c1ccc(SCCCO)s1.NS(=O)[O-]. The Kier molecular flexibility index (Phi) is 9.03. The number of hydrogen-bond acceptors (Lipinski definition) is 7. The van der Waals surface area contributed by atoms with Gasteiger partial charge < -0.3 is 9.66 Å². The lowest BCUT2D eigenvalue weighted by Gasteiger charge is -1.94. The fourth-order valence-electron chi connectivity index (χ4n) is 0.817. The van der Waals surface area contributed by atoms with Crippen molar-refractivity contribution in [3.05, 3.63) is 12.1 Å². The average molecular weight is 332 g/mol. The molecule has 0 saturated heterocycles. The van der Waals surface area contributed by atoms with Gasteiger partial charge in [-0.25, -0.2) is 8.42 Å². The first-order valence-electron chi connectivity index (χ1n) is 4.64. The van der Waals surface area contributed by atoms with Gasteiger partial charge in [-0.3, -0.25) is 9.35 Å². The van der Waals surface area contributed by atoms with Gasteiger partial charge in [0, 0.05) is 29.9 Å². The van der Waals surface area contributed by atoms with Crippen LogP contribution in [0, 0.1) is 0 Å². The summed E-state index contributed by atoms with van der Waals surface area (Å²) in [6, 6.07) is 3.43. The molecule has 1 heterocycles. The molecule has 0 aliphatic rings. The second-order valence-corrected chi connectivity index (χ2v) is 8.27. The third-order valence-corrected chi connectivity index (χ3v) is 5.69. The predicted molar refractivity (Wildman–Crippen MR) is 73.0 cm³/mol. The van der Waals surface area contributed by atoms with Gasteiger partial charge in [-0.05, 0) is 18.6 Å². The van der Waals surface area contributed by atoms with Crippen LogP contribution < -0.4 is 5.14 Å². The molecule has 10 heteroatoms. The molecule has 0 amide bonds. The van der Waals surface area contributed by atoms with Crippen LogP contribution in [0.5, 0.6) is 0 Å². The lowest BCUT2D eigenvalue weighted by molar-refractivity contribution is 0.296. The second kappa shape index (κ2) is 9.02. The third-order valence-electron chi connectivity index (χ3n) is 1.47. The van der Waals surface area contributed by atoms with Crippen LogP contribution in [-0.4, -0.2) is 40.9 Å². The van der Waals surface area contributed by atoms with Crippen molar-refractivity contribution in [3.8, 4) is 0 Å². The molecule has 3 N–H and O–H groups in total. The highest BCUT2D eigenvalue weighted by Gasteiger charge is 2.10. The molecule has 1 aromatic rings. The van der Waals surface area contributed by atoms with Crippen LogP contribution in [0.15, 0.2) is 20.6 Å². The molecule has 0 aliphatic heterocycles. The fourth-order valence-corrected chi connectivity index (χ4v) is 4.03. The van der Waals surface area contributed by atoms with Crippen molar-refractivity contribution in [2.45, 2.75) is 14.8 Å². The van der Waals surface area contributed by atoms with Crippen LogP contribution >= 0.6 is 23.1 Å². The minimum atomic E-state index is -3.06. The van der Waals surface area contributed by atoms with Gasteiger partial charge in [-0.1, -0.05) is 0 Å². The number of sulfone groups is 1. The number of rotatable bonds is 5. The number of thioether (sulfide) groups is 1. The molecule has 1 atom stereocenters. The standard InChI is InChI=1S/C8H12O3S3.H3NO2S/c1-14(10,11)8-4-3-7(13-8)12-6-2-5-9;1-4(2)3/h3-4,9H,2,5-6H2,1H3;1H2,(H,2,3)/p-1. The summed E-state index contributed by atoms with van der Waals surface area (Å²) in [6.07, 6.45) is 1.94. The van der Waals surface area contributed by atoms with E-state index in [4.69, 9.17) is 13.9 Å². The molecule has 6 nitrogen and oxygen atoms in total. The average Bonchev–Trinajstić information content (AvgIpc) is 2.65. The third kappa shape index (κ3) is 9.03. The number of aliphatic hydroxyl groups excluding tert-OH is 1. The van der Waals surface area contributed by atoms with Crippen molar-refractivity contribution in [2.75, 3.05) is 18.6 Å². The maximum absolute atomic E-state index is 11.1. The van der Waals surface area contributed by atoms with Crippen LogP contribution in [-0.2, 0) is 21.1 Å². The molecule has 0 fully saturated rings. The number of aliphatic hydroxyl groups is 1. The van der Waals surface area contributed by atoms with Gasteiger partial charge in [-0.2, -0.15) is 0 Å². The second-order valence-electron chi connectivity index (χ2n) is 3.03. The van der Waals surface area contributed by atoms with E-state index in [-0.39, 0.29) is 6.61 Å². The molecule has 1 aromatic heterocycles. The molecule has 0 aliphatic carbocycles. The Balaban J connectivity index is 0.000000631. The highest BCUT2D eigenvalue weighted by molar-refractivity contribution is 8.01. The Morgan fingerprint density at radius 3 is 2.50 bits per heavy atom. The van der Waals surface area contributed by atoms with Crippen molar-refractivity contribution < 1.29 is 22.3 Å². The summed E-state index contributed by atoms with van der Waals surface area (Å²) >= 11 is 0.499. The van der Waals surface area contributed by atoms with Crippen LogP contribution in [0.2, 0.25) is 0 Å². The Bertz CT molecular complexity index is 466. The van der Waals surface area contributed by atoms with E-state index in [0.29, 0.717) is 4.21 Å². The Morgan fingerprint density at radius 1 is 1.56 bits per heavy atom. The van der Waals surface area contributed by atoms with Crippen LogP contribution in [0.3, 0.4) is 0 Å². The first-order valence-corrected chi connectivity index (χ1v) is 9.47. The molecular weight excluding hydrogens is 318 g/mol. The topological polar surface area (TPSA) is 121 Å². The van der Waals surface area contributed by atoms with Crippen molar-refractivity contribution >= 4 is 44.2 Å². The molecule has 0 bridgehead atoms. The monoisotopic (exact) mass is 332 g/mol. The van der Waals surface area contributed by atoms with Crippen molar-refractivity contribution in [3.63, 3.8) is 0 Å². The zero-order valence-corrected chi connectivity index (χ0v) is 12.8. The lowest BCUT2D eigenvalue weighted by atomic mass is 10.5. The maximum atomic E-state index is 11.1. The van der Waals surface area contributed by atoms with Gasteiger partial charge in [0.05, 0.1) is 4.21 Å². The summed E-state index contributed by atoms with van der Waals surface area (Å²) in [4.78, 5) is 0. The molecule has 1 rings (SSSR count). The Hall–Kier alpha value is 0.0300. The molecule has 0 aromatic carbocycles. The summed E-state index contributed by atoms with van der Waals surface area (Å²) < 4.78 is 41.2. The van der Waals surface area contributed by atoms with E-state index in [1.54, 1.807) is 17.8 Å². The lowest BCUT2D eigenvalue weighted by Crippen LogP contribution is -1.97. The Morgan fingerprint density at radius 2 is 2.11 bits per heavy atom. The molecule has 18 heavy (non-hydrogen) atoms. The zero-order chi connectivity index (χ0) is 14.2.